The maximum absolute atomic E-state index is 13.6. The molecule has 4 nitrogen and oxygen atoms in total. The molecular weight excluding hydrogens is 443 g/mol. The Balaban J connectivity index is 1.60. The van der Waals surface area contributed by atoms with Crippen molar-refractivity contribution in [2.45, 2.75) is 25.2 Å². The van der Waals surface area contributed by atoms with Crippen molar-refractivity contribution in [1.29, 1.82) is 0 Å². The number of hydrogen-bond acceptors (Lipinski definition) is 4. The highest BCUT2D eigenvalue weighted by Gasteiger charge is 2.33. The summed E-state index contributed by atoms with van der Waals surface area (Å²) >= 11 is 0. The van der Waals surface area contributed by atoms with Gasteiger partial charge in [0.2, 0.25) is 0 Å². The zero-order valence-electron chi connectivity index (χ0n) is 19.0. The first kappa shape index (κ1) is 23.7. The summed E-state index contributed by atoms with van der Waals surface area (Å²) < 4.78 is 57.3. The van der Waals surface area contributed by atoms with Gasteiger partial charge in [-0.3, -0.25) is 0 Å². The maximum Gasteiger partial charge on any atom is 0.417 e. The van der Waals surface area contributed by atoms with Crippen LogP contribution in [0.25, 0.3) is 6.08 Å². The van der Waals surface area contributed by atoms with Crippen LogP contribution in [0.2, 0.25) is 0 Å². The largest absolute Gasteiger partial charge is 0.497 e. The van der Waals surface area contributed by atoms with Gasteiger partial charge >= 0.3 is 6.18 Å². The Labute approximate surface area is 197 Å². The third kappa shape index (κ3) is 5.37. The van der Waals surface area contributed by atoms with E-state index in [9.17, 15) is 13.2 Å². The Bertz CT molecular complexity index is 1160. The highest BCUT2D eigenvalue weighted by atomic mass is 19.4. The summed E-state index contributed by atoms with van der Waals surface area (Å²) in [6.45, 7) is 1.11. The Hall–Kier alpha value is -3.45. The Morgan fingerprint density at radius 2 is 1.76 bits per heavy atom. The molecule has 0 bridgehead atoms. The minimum atomic E-state index is -4.49. The van der Waals surface area contributed by atoms with Crippen molar-refractivity contribution in [2.24, 2.45) is 0 Å². The van der Waals surface area contributed by atoms with Crippen molar-refractivity contribution in [2.75, 3.05) is 20.8 Å². The average Bonchev–Trinajstić information content (AvgIpc) is 2.85. The molecule has 0 radical (unpaired) electrons. The molecule has 7 heteroatoms. The molecule has 34 heavy (non-hydrogen) atoms. The van der Waals surface area contributed by atoms with Gasteiger partial charge in [-0.05, 0) is 52.9 Å². The Kier molecular flexibility index (Phi) is 7.12. The van der Waals surface area contributed by atoms with Crippen molar-refractivity contribution in [3.8, 4) is 17.2 Å². The van der Waals surface area contributed by atoms with Crippen LogP contribution in [0.1, 0.15) is 33.9 Å². The number of ether oxygens (including phenoxy) is 3. The van der Waals surface area contributed by atoms with Crippen LogP contribution in [0.15, 0.2) is 66.7 Å². The molecule has 1 heterocycles. The zero-order valence-corrected chi connectivity index (χ0v) is 19.0. The summed E-state index contributed by atoms with van der Waals surface area (Å²) in [7, 11) is 2.92. The number of fused-ring (bicyclic) bond motifs is 1. The first-order valence-corrected chi connectivity index (χ1v) is 10.9. The second-order valence-electron chi connectivity index (χ2n) is 7.97. The number of hydrogen-bond donors (Lipinski definition) is 1. The van der Waals surface area contributed by atoms with Crippen LogP contribution in [0, 0.1) is 0 Å². The predicted molar refractivity (Wildman–Crippen MR) is 125 cm³/mol. The van der Waals surface area contributed by atoms with Gasteiger partial charge in [0, 0.05) is 6.54 Å². The highest BCUT2D eigenvalue weighted by molar-refractivity contribution is 5.59. The molecule has 1 N–H and O–H groups in total. The van der Waals surface area contributed by atoms with E-state index in [4.69, 9.17) is 14.2 Å². The van der Waals surface area contributed by atoms with Gasteiger partial charge in [-0.15, -0.1) is 0 Å². The number of halogens is 3. The summed E-state index contributed by atoms with van der Waals surface area (Å²) in [6, 6.07) is 17.4. The van der Waals surface area contributed by atoms with Crippen LogP contribution in [0.4, 0.5) is 13.2 Å². The van der Waals surface area contributed by atoms with Crippen LogP contribution < -0.4 is 19.5 Å². The van der Waals surface area contributed by atoms with E-state index in [1.165, 1.54) is 25.3 Å². The maximum atomic E-state index is 13.6. The normalized spacial score (nSPS) is 15.7. The molecule has 1 unspecified atom stereocenters. The molecule has 0 saturated heterocycles. The van der Waals surface area contributed by atoms with Crippen LogP contribution in [0.5, 0.6) is 17.2 Å². The lowest BCUT2D eigenvalue weighted by Gasteiger charge is -2.26. The average molecular weight is 470 g/mol. The van der Waals surface area contributed by atoms with E-state index < -0.39 is 11.7 Å². The molecule has 0 aromatic heterocycles. The van der Waals surface area contributed by atoms with Crippen molar-refractivity contribution in [3.05, 3.63) is 94.6 Å². The molecule has 1 atom stereocenters. The SMILES string of the molecule is COc1ccc(/C=C/C2NCCc3cc(OCc4ccccc4)c(OC)cc32)c(C(F)(F)F)c1. The van der Waals surface area contributed by atoms with Crippen molar-refractivity contribution in [3.63, 3.8) is 0 Å². The Morgan fingerprint density at radius 3 is 2.47 bits per heavy atom. The summed E-state index contributed by atoms with van der Waals surface area (Å²) in [6.07, 6.45) is -0.456. The van der Waals surface area contributed by atoms with E-state index >= 15 is 0 Å². The molecule has 0 saturated carbocycles. The number of nitrogens with one attached hydrogen (secondary N) is 1. The number of rotatable bonds is 7. The number of methoxy groups -OCH3 is 2. The molecule has 1 aliphatic heterocycles. The molecular formula is C27H26F3NO3. The second kappa shape index (κ2) is 10.2. The van der Waals surface area contributed by atoms with E-state index in [2.05, 4.69) is 5.32 Å². The van der Waals surface area contributed by atoms with Crippen LogP contribution >= 0.6 is 0 Å². The molecule has 1 aliphatic rings. The lowest BCUT2D eigenvalue weighted by atomic mass is 9.92. The fourth-order valence-corrected chi connectivity index (χ4v) is 4.03. The van der Waals surface area contributed by atoms with Gasteiger partial charge in [-0.2, -0.15) is 13.2 Å². The highest BCUT2D eigenvalue weighted by Crippen LogP contribution is 2.38. The number of benzene rings is 3. The molecule has 4 rings (SSSR count). The van der Waals surface area contributed by atoms with Crippen LogP contribution in [-0.4, -0.2) is 20.8 Å². The van der Waals surface area contributed by atoms with Gasteiger partial charge in [0.05, 0.1) is 25.8 Å². The fourth-order valence-electron chi connectivity index (χ4n) is 4.03. The molecule has 0 spiro atoms. The zero-order chi connectivity index (χ0) is 24.1. The molecule has 0 fully saturated rings. The summed E-state index contributed by atoms with van der Waals surface area (Å²) in [5.41, 5.74) is 2.42. The fraction of sp³-hybridized carbons (Fsp3) is 0.259. The number of alkyl halides is 3. The van der Waals surface area contributed by atoms with Crippen molar-refractivity contribution in [1.82, 2.24) is 5.32 Å². The quantitative estimate of drug-likeness (QED) is 0.447. The minimum absolute atomic E-state index is 0.0806. The summed E-state index contributed by atoms with van der Waals surface area (Å²) in [5, 5.41) is 3.37. The van der Waals surface area contributed by atoms with Gasteiger partial charge < -0.3 is 19.5 Å². The summed E-state index contributed by atoms with van der Waals surface area (Å²) in [5.74, 6) is 1.39. The molecule has 3 aromatic carbocycles. The van der Waals surface area contributed by atoms with Crippen molar-refractivity contribution >= 4 is 6.08 Å². The first-order valence-electron chi connectivity index (χ1n) is 10.9. The van der Waals surface area contributed by atoms with E-state index in [1.807, 2.05) is 42.5 Å². The topological polar surface area (TPSA) is 39.7 Å². The predicted octanol–water partition coefficient (Wildman–Crippen LogP) is 6.20. The molecule has 3 aromatic rings. The first-order chi connectivity index (χ1) is 16.4. The standard InChI is InChI=1S/C27H26F3NO3/c1-32-21-10-8-19(23(15-21)27(28,29)30)9-11-24-22-16-25(33-2)26(14-20(22)12-13-31-24)34-17-18-6-4-3-5-7-18/h3-11,14-16,24,31H,12-13,17H2,1-2H3/b11-9+. The molecule has 178 valence electrons. The smallest absolute Gasteiger partial charge is 0.417 e. The van der Waals surface area contributed by atoms with E-state index in [0.717, 1.165) is 29.2 Å². The van der Waals surface area contributed by atoms with Crippen LogP contribution in [-0.2, 0) is 19.2 Å². The van der Waals surface area contributed by atoms with Gasteiger partial charge in [0.1, 0.15) is 12.4 Å². The molecule has 0 amide bonds. The third-order valence-corrected chi connectivity index (χ3v) is 5.79. The van der Waals surface area contributed by atoms with Crippen molar-refractivity contribution < 1.29 is 27.4 Å². The van der Waals surface area contributed by atoms with Gasteiger partial charge in [0.15, 0.2) is 11.5 Å². The van der Waals surface area contributed by atoms with Crippen LogP contribution in [0.3, 0.4) is 0 Å². The van der Waals surface area contributed by atoms with E-state index in [1.54, 1.807) is 13.2 Å². The minimum Gasteiger partial charge on any atom is -0.497 e. The van der Waals surface area contributed by atoms with E-state index in [-0.39, 0.29) is 17.4 Å². The lowest BCUT2D eigenvalue weighted by Crippen LogP contribution is -2.28. The summed E-state index contributed by atoms with van der Waals surface area (Å²) in [4.78, 5) is 0. The van der Waals surface area contributed by atoms with Gasteiger partial charge in [-0.1, -0.05) is 48.6 Å². The van der Waals surface area contributed by atoms with Gasteiger partial charge in [-0.25, -0.2) is 0 Å². The molecule has 0 aliphatic carbocycles. The third-order valence-electron chi connectivity index (χ3n) is 5.79. The Morgan fingerprint density at radius 1 is 0.971 bits per heavy atom. The monoisotopic (exact) mass is 469 g/mol. The van der Waals surface area contributed by atoms with E-state index in [0.29, 0.717) is 24.7 Å². The van der Waals surface area contributed by atoms with Gasteiger partial charge in [0.25, 0.3) is 0 Å². The second-order valence-corrected chi connectivity index (χ2v) is 7.97. The lowest BCUT2D eigenvalue weighted by molar-refractivity contribution is -0.137.